The molecule has 4 heterocycles. The predicted molar refractivity (Wildman–Crippen MR) is 91.0 cm³/mol. The SMILES string of the molecule is Cc1cc(CN2C[C@H](OCCCn3cccn3)[C@H]3OCCC[C@H]32)no1. The van der Waals surface area contributed by atoms with Crippen LogP contribution < -0.4 is 0 Å². The summed E-state index contributed by atoms with van der Waals surface area (Å²) >= 11 is 0. The van der Waals surface area contributed by atoms with Crippen molar-refractivity contribution in [3.63, 3.8) is 0 Å². The van der Waals surface area contributed by atoms with Crippen LogP contribution in [0.2, 0.25) is 0 Å². The maximum atomic E-state index is 6.19. The molecule has 7 nitrogen and oxygen atoms in total. The lowest BCUT2D eigenvalue weighted by molar-refractivity contribution is -0.0781. The summed E-state index contributed by atoms with van der Waals surface area (Å²) in [7, 11) is 0. The standard InChI is InChI=1S/C18H26N4O3/c1-14-11-15(20-25-14)12-21-13-17(18-16(21)5-2-9-24-18)23-10-4-8-22-7-3-6-19-22/h3,6-7,11,16-18H,2,4-5,8-10,12-13H2,1H3/t16-,17+,18+/m1/s1. The van der Waals surface area contributed by atoms with Crippen LogP contribution in [0.5, 0.6) is 0 Å². The van der Waals surface area contributed by atoms with Gasteiger partial charge < -0.3 is 14.0 Å². The molecular weight excluding hydrogens is 320 g/mol. The summed E-state index contributed by atoms with van der Waals surface area (Å²) in [5.41, 5.74) is 0.987. The minimum absolute atomic E-state index is 0.135. The number of nitrogens with zero attached hydrogens (tertiary/aromatic N) is 4. The first-order valence-corrected chi connectivity index (χ1v) is 9.16. The smallest absolute Gasteiger partial charge is 0.133 e. The highest BCUT2D eigenvalue weighted by Gasteiger charge is 2.44. The Kier molecular flexibility index (Phi) is 5.14. The van der Waals surface area contributed by atoms with Crippen LogP contribution in [-0.4, -0.2) is 57.8 Å². The summed E-state index contributed by atoms with van der Waals surface area (Å²) < 4.78 is 19.4. The summed E-state index contributed by atoms with van der Waals surface area (Å²) in [4.78, 5) is 2.44. The Balaban J connectivity index is 1.31. The van der Waals surface area contributed by atoms with Gasteiger partial charge in [-0.05, 0) is 32.3 Å². The molecule has 3 atom stereocenters. The van der Waals surface area contributed by atoms with Crippen molar-refractivity contribution in [2.24, 2.45) is 0 Å². The number of hydrogen-bond acceptors (Lipinski definition) is 6. The van der Waals surface area contributed by atoms with Crippen LogP contribution in [0.25, 0.3) is 0 Å². The monoisotopic (exact) mass is 346 g/mol. The van der Waals surface area contributed by atoms with Gasteiger partial charge in [-0.2, -0.15) is 5.10 Å². The van der Waals surface area contributed by atoms with Crippen molar-refractivity contribution in [2.75, 3.05) is 19.8 Å². The topological polar surface area (TPSA) is 65.5 Å². The molecule has 2 aliphatic rings. The molecule has 0 N–H and O–H groups in total. The summed E-state index contributed by atoms with van der Waals surface area (Å²) in [6.07, 6.45) is 7.33. The van der Waals surface area contributed by atoms with E-state index < -0.39 is 0 Å². The molecule has 0 aliphatic carbocycles. The molecule has 0 aromatic carbocycles. The second kappa shape index (κ2) is 7.68. The van der Waals surface area contributed by atoms with Gasteiger partial charge in [0.15, 0.2) is 0 Å². The second-order valence-corrected chi connectivity index (χ2v) is 6.94. The van der Waals surface area contributed by atoms with Crippen molar-refractivity contribution in [1.82, 2.24) is 19.8 Å². The number of aryl methyl sites for hydroxylation is 2. The maximum Gasteiger partial charge on any atom is 0.133 e. The molecule has 2 aromatic rings. The second-order valence-electron chi connectivity index (χ2n) is 6.94. The Morgan fingerprint density at radius 3 is 3.16 bits per heavy atom. The highest BCUT2D eigenvalue weighted by Crippen LogP contribution is 2.31. The van der Waals surface area contributed by atoms with Crippen LogP contribution in [0, 0.1) is 6.92 Å². The normalized spacial score (nSPS) is 26.8. The van der Waals surface area contributed by atoms with E-state index in [0.29, 0.717) is 6.04 Å². The van der Waals surface area contributed by atoms with Gasteiger partial charge in [-0.25, -0.2) is 0 Å². The largest absolute Gasteiger partial charge is 0.374 e. The fourth-order valence-corrected chi connectivity index (χ4v) is 3.93. The highest BCUT2D eigenvalue weighted by atomic mass is 16.5. The summed E-state index contributed by atoms with van der Waals surface area (Å²) in [6, 6.07) is 4.38. The Bertz CT molecular complexity index is 657. The number of fused-ring (bicyclic) bond motifs is 1. The van der Waals surface area contributed by atoms with Gasteiger partial charge in [-0.3, -0.25) is 9.58 Å². The van der Waals surface area contributed by atoms with E-state index in [1.807, 2.05) is 36.1 Å². The van der Waals surface area contributed by atoms with Crippen LogP contribution in [0.1, 0.15) is 30.7 Å². The van der Waals surface area contributed by atoms with E-state index in [1.54, 1.807) is 0 Å². The molecule has 0 spiro atoms. The van der Waals surface area contributed by atoms with Crippen molar-refractivity contribution in [2.45, 2.75) is 57.5 Å². The van der Waals surface area contributed by atoms with Crippen molar-refractivity contribution in [1.29, 1.82) is 0 Å². The zero-order valence-electron chi connectivity index (χ0n) is 14.7. The lowest BCUT2D eigenvalue weighted by Crippen LogP contribution is -2.41. The molecule has 2 aliphatic heterocycles. The Hall–Kier alpha value is -1.70. The van der Waals surface area contributed by atoms with Crippen LogP contribution in [0.4, 0.5) is 0 Å². The van der Waals surface area contributed by atoms with Gasteiger partial charge in [0, 0.05) is 57.3 Å². The summed E-state index contributed by atoms with van der Waals surface area (Å²) in [5, 5.41) is 8.36. The van der Waals surface area contributed by atoms with Gasteiger partial charge in [0.1, 0.15) is 11.9 Å². The third-order valence-electron chi connectivity index (χ3n) is 5.05. The first kappa shape index (κ1) is 16.8. The fraction of sp³-hybridized carbons (Fsp3) is 0.667. The Morgan fingerprint density at radius 2 is 2.36 bits per heavy atom. The lowest BCUT2D eigenvalue weighted by Gasteiger charge is -2.32. The molecule has 2 aromatic heterocycles. The van der Waals surface area contributed by atoms with Gasteiger partial charge in [0.05, 0.1) is 11.8 Å². The van der Waals surface area contributed by atoms with Gasteiger partial charge in [-0.1, -0.05) is 5.16 Å². The molecule has 136 valence electrons. The van der Waals surface area contributed by atoms with E-state index in [9.17, 15) is 0 Å². The quantitative estimate of drug-likeness (QED) is 0.715. The molecule has 25 heavy (non-hydrogen) atoms. The molecule has 0 saturated carbocycles. The Morgan fingerprint density at radius 1 is 1.40 bits per heavy atom. The minimum atomic E-state index is 0.135. The molecule has 2 saturated heterocycles. The molecule has 0 bridgehead atoms. The third kappa shape index (κ3) is 3.94. The number of hydrogen-bond donors (Lipinski definition) is 0. The van der Waals surface area contributed by atoms with Gasteiger partial charge in [0.2, 0.25) is 0 Å². The van der Waals surface area contributed by atoms with Gasteiger partial charge >= 0.3 is 0 Å². The van der Waals surface area contributed by atoms with E-state index in [-0.39, 0.29) is 12.2 Å². The summed E-state index contributed by atoms with van der Waals surface area (Å²) in [6.45, 7) is 6.08. The van der Waals surface area contributed by atoms with Crippen LogP contribution in [0.3, 0.4) is 0 Å². The maximum absolute atomic E-state index is 6.19. The van der Waals surface area contributed by atoms with Crippen LogP contribution >= 0.6 is 0 Å². The molecule has 2 fully saturated rings. The zero-order chi connectivity index (χ0) is 17.1. The third-order valence-corrected chi connectivity index (χ3v) is 5.05. The predicted octanol–water partition coefficient (Wildman–Crippen LogP) is 2.02. The lowest BCUT2D eigenvalue weighted by atomic mass is 10.0. The van der Waals surface area contributed by atoms with Crippen molar-refractivity contribution < 1.29 is 14.0 Å². The molecule has 4 rings (SSSR count). The average Bonchev–Trinajstić information content (AvgIpc) is 3.34. The van der Waals surface area contributed by atoms with Crippen molar-refractivity contribution in [3.8, 4) is 0 Å². The highest BCUT2D eigenvalue weighted by molar-refractivity contribution is 5.06. The van der Waals surface area contributed by atoms with E-state index >= 15 is 0 Å². The minimum Gasteiger partial charge on any atom is -0.374 e. The molecule has 0 amide bonds. The molecular formula is C18H26N4O3. The van der Waals surface area contributed by atoms with Crippen molar-refractivity contribution >= 4 is 0 Å². The first-order chi connectivity index (χ1) is 12.3. The van der Waals surface area contributed by atoms with E-state index in [1.165, 1.54) is 0 Å². The van der Waals surface area contributed by atoms with Crippen LogP contribution in [-0.2, 0) is 22.6 Å². The van der Waals surface area contributed by atoms with Gasteiger partial charge in [0.25, 0.3) is 0 Å². The first-order valence-electron chi connectivity index (χ1n) is 9.16. The zero-order valence-corrected chi connectivity index (χ0v) is 14.7. The molecule has 7 heteroatoms. The van der Waals surface area contributed by atoms with E-state index in [2.05, 4.69) is 15.2 Å². The number of ether oxygens (including phenoxy) is 2. The summed E-state index contributed by atoms with van der Waals surface area (Å²) in [5.74, 6) is 0.858. The van der Waals surface area contributed by atoms with E-state index in [0.717, 1.165) is 63.6 Å². The molecule has 0 radical (unpaired) electrons. The fourth-order valence-electron chi connectivity index (χ4n) is 3.93. The molecule has 0 unspecified atom stereocenters. The Labute approximate surface area is 147 Å². The number of aromatic nitrogens is 3. The van der Waals surface area contributed by atoms with Gasteiger partial charge in [-0.15, -0.1) is 0 Å². The number of likely N-dealkylation sites (tertiary alicyclic amines) is 1. The number of rotatable bonds is 7. The van der Waals surface area contributed by atoms with Crippen LogP contribution in [0.15, 0.2) is 29.0 Å². The average molecular weight is 346 g/mol. The van der Waals surface area contributed by atoms with E-state index in [4.69, 9.17) is 14.0 Å². The van der Waals surface area contributed by atoms with Crippen molar-refractivity contribution in [3.05, 3.63) is 36.0 Å².